The Bertz CT molecular complexity index is 376. The number of nitrogens with zero attached hydrogens (tertiary/aromatic N) is 3. The van der Waals surface area contributed by atoms with Gasteiger partial charge < -0.3 is 14.7 Å². The van der Waals surface area contributed by atoms with Crippen LogP contribution in [0.3, 0.4) is 0 Å². The van der Waals surface area contributed by atoms with Crippen molar-refractivity contribution in [2.75, 3.05) is 32.2 Å². The Hall–Kier alpha value is -1.56. The van der Waals surface area contributed by atoms with Crippen LogP contribution >= 0.6 is 0 Å². The molecule has 6 nitrogen and oxygen atoms in total. The van der Waals surface area contributed by atoms with Crippen LogP contribution in [0.5, 0.6) is 0 Å². The minimum atomic E-state index is -0.794. The molecule has 0 fully saturated rings. The summed E-state index contributed by atoms with van der Waals surface area (Å²) in [6.07, 6.45) is 1.90. The smallest absolute Gasteiger partial charge is 0.305 e. The van der Waals surface area contributed by atoms with Crippen LogP contribution in [-0.2, 0) is 16.1 Å². The summed E-state index contributed by atoms with van der Waals surface area (Å²) in [5.41, 5.74) is 1.04. The SMILES string of the molecule is COCCn1ncc(C)c1N(C)CCC(=O)O. The number of carboxylic acids is 1. The molecule has 0 radical (unpaired) electrons. The summed E-state index contributed by atoms with van der Waals surface area (Å²) in [6.45, 7) is 3.68. The van der Waals surface area contributed by atoms with Crippen molar-refractivity contribution in [3.8, 4) is 0 Å². The van der Waals surface area contributed by atoms with Crippen LogP contribution in [0, 0.1) is 6.92 Å². The van der Waals surface area contributed by atoms with Gasteiger partial charge in [0.2, 0.25) is 0 Å². The number of carboxylic acid groups (broad SMARTS) is 1. The first-order valence-electron chi connectivity index (χ1n) is 5.50. The number of rotatable bonds is 7. The van der Waals surface area contributed by atoms with Crippen LogP contribution in [-0.4, -0.2) is 48.2 Å². The van der Waals surface area contributed by atoms with E-state index in [4.69, 9.17) is 9.84 Å². The van der Waals surface area contributed by atoms with Crippen molar-refractivity contribution >= 4 is 11.8 Å². The number of carbonyl (C=O) groups is 1. The van der Waals surface area contributed by atoms with Gasteiger partial charge in [-0.15, -0.1) is 0 Å². The second-order valence-electron chi connectivity index (χ2n) is 3.93. The number of hydrogen-bond donors (Lipinski definition) is 1. The van der Waals surface area contributed by atoms with Gasteiger partial charge in [-0.25, -0.2) is 4.68 Å². The van der Waals surface area contributed by atoms with E-state index in [2.05, 4.69) is 5.10 Å². The van der Waals surface area contributed by atoms with Gasteiger partial charge in [-0.2, -0.15) is 5.10 Å². The highest BCUT2D eigenvalue weighted by Gasteiger charge is 2.12. The van der Waals surface area contributed by atoms with E-state index in [1.54, 1.807) is 13.3 Å². The fourth-order valence-electron chi connectivity index (χ4n) is 1.68. The highest BCUT2D eigenvalue weighted by atomic mass is 16.5. The first-order chi connectivity index (χ1) is 8.06. The molecule has 1 N–H and O–H groups in total. The van der Waals surface area contributed by atoms with E-state index < -0.39 is 5.97 Å². The summed E-state index contributed by atoms with van der Waals surface area (Å²) >= 11 is 0. The van der Waals surface area contributed by atoms with Gasteiger partial charge in [0, 0.05) is 26.3 Å². The minimum absolute atomic E-state index is 0.116. The second kappa shape index (κ2) is 6.24. The molecular formula is C11H19N3O3. The summed E-state index contributed by atoms with van der Waals surface area (Å²) in [6, 6.07) is 0. The molecule has 0 aliphatic rings. The van der Waals surface area contributed by atoms with Gasteiger partial charge in [0.1, 0.15) is 5.82 Å². The second-order valence-corrected chi connectivity index (χ2v) is 3.93. The van der Waals surface area contributed by atoms with Gasteiger partial charge >= 0.3 is 5.97 Å². The number of methoxy groups -OCH3 is 1. The van der Waals surface area contributed by atoms with Gasteiger partial charge in [-0.3, -0.25) is 4.79 Å². The van der Waals surface area contributed by atoms with Crippen molar-refractivity contribution in [1.82, 2.24) is 9.78 Å². The molecular weight excluding hydrogens is 222 g/mol. The molecule has 17 heavy (non-hydrogen) atoms. The summed E-state index contributed by atoms with van der Waals surface area (Å²) < 4.78 is 6.85. The van der Waals surface area contributed by atoms with Gasteiger partial charge in [0.15, 0.2) is 0 Å². The highest BCUT2D eigenvalue weighted by Crippen LogP contribution is 2.18. The fourth-order valence-corrected chi connectivity index (χ4v) is 1.68. The third kappa shape index (κ3) is 3.74. The Balaban J connectivity index is 2.72. The molecule has 1 aromatic heterocycles. The molecule has 0 aliphatic carbocycles. The van der Waals surface area contributed by atoms with E-state index in [1.165, 1.54) is 0 Å². The van der Waals surface area contributed by atoms with E-state index in [0.29, 0.717) is 19.7 Å². The first-order valence-corrected chi connectivity index (χ1v) is 5.50. The molecule has 96 valence electrons. The van der Waals surface area contributed by atoms with Crippen LogP contribution in [0.15, 0.2) is 6.20 Å². The topological polar surface area (TPSA) is 67.6 Å². The van der Waals surface area contributed by atoms with Crippen molar-refractivity contribution in [3.63, 3.8) is 0 Å². The molecule has 0 atom stereocenters. The van der Waals surface area contributed by atoms with E-state index in [1.807, 2.05) is 23.6 Å². The molecule has 0 amide bonds. The minimum Gasteiger partial charge on any atom is -0.481 e. The molecule has 0 aliphatic heterocycles. The normalized spacial score (nSPS) is 10.5. The Labute approximate surface area is 101 Å². The Kier molecular flexibility index (Phi) is 4.96. The Morgan fingerprint density at radius 3 is 2.94 bits per heavy atom. The summed E-state index contributed by atoms with van der Waals surface area (Å²) in [5, 5.41) is 12.9. The van der Waals surface area contributed by atoms with E-state index in [-0.39, 0.29) is 6.42 Å². The number of anilines is 1. The van der Waals surface area contributed by atoms with Crippen LogP contribution < -0.4 is 4.90 Å². The predicted molar refractivity (Wildman–Crippen MR) is 64.4 cm³/mol. The van der Waals surface area contributed by atoms with Crippen LogP contribution in [0.25, 0.3) is 0 Å². The molecule has 0 saturated carbocycles. The van der Waals surface area contributed by atoms with Crippen molar-refractivity contribution < 1.29 is 14.6 Å². The van der Waals surface area contributed by atoms with Crippen molar-refractivity contribution in [2.24, 2.45) is 0 Å². The largest absolute Gasteiger partial charge is 0.481 e. The zero-order valence-electron chi connectivity index (χ0n) is 10.5. The lowest BCUT2D eigenvalue weighted by Gasteiger charge is -2.20. The Morgan fingerprint density at radius 1 is 1.65 bits per heavy atom. The summed E-state index contributed by atoms with van der Waals surface area (Å²) in [4.78, 5) is 12.5. The zero-order chi connectivity index (χ0) is 12.8. The Morgan fingerprint density at radius 2 is 2.35 bits per heavy atom. The molecule has 0 spiro atoms. The summed E-state index contributed by atoms with van der Waals surface area (Å²) in [7, 11) is 3.51. The van der Waals surface area contributed by atoms with Crippen molar-refractivity contribution in [3.05, 3.63) is 11.8 Å². The molecule has 1 rings (SSSR count). The quantitative estimate of drug-likeness (QED) is 0.763. The number of aromatic nitrogens is 2. The molecule has 0 aromatic carbocycles. The van der Waals surface area contributed by atoms with E-state index in [9.17, 15) is 4.79 Å². The molecule has 1 aromatic rings. The molecule has 0 bridgehead atoms. The van der Waals surface area contributed by atoms with Crippen LogP contribution in [0.4, 0.5) is 5.82 Å². The summed E-state index contributed by atoms with van der Waals surface area (Å²) in [5.74, 6) is 0.153. The number of hydrogen-bond acceptors (Lipinski definition) is 4. The first kappa shape index (κ1) is 13.5. The van der Waals surface area contributed by atoms with Crippen molar-refractivity contribution in [2.45, 2.75) is 19.9 Å². The van der Waals surface area contributed by atoms with Crippen LogP contribution in [0.1, 0.15) is 12.0 Å². The third-order valence-corrected chi connectivity index (χ3v) is 2.52. The van der Waals surface area contributed by atoms with Gasteiger partial charge in [-0.1, -0.05) is 0 Å². The number of aryl methyl sites for hydroxylation is 1. The number of ether oxygens (including phenoxy) is 1. The lowest BCUT2D eigenvalue weighted by molar-refractivity contribution is -0.136. The molecule has 0 unspecified atom stereocenters. The third-order valence-electron chi connectivity index (χ3n) is 2.52. The standard InChI is InChI=1S/C11H19N3O3/c1-9-8-12-14(6-7-17-3)11(9)13(2)5-4-10(15)16/h8H,4-7H2,1-3H3,(H,15,16). The maximum atomic E-state index is 10.5. The van der Waals surface area contributed by atoms with Gasteiger partial charge in [0.25, 0.3) is 0 Å². The maximum absolute atomic E-state index is 10.5. The fraction of sp³-hybridized carbons (Fsp3) is 0.636. The molecule has 6 heteroatoms. The maximum Gasteiger partial charge on any atom is 0.305 e. The van der Waals surface area contributed by atoms with E-state index >= 15 is 0 Å². The monoisotopic (exact) mass is 241 g/mol. The van der Waals surface area contributed by atoms with Gasteiger partial charge in [-0.05, 0) is 6.92 Å². The van der Waals surface area contributed by atoms with Crippen molar-refractivity contribution in [1.29, 1.82) is 0 Å². The lowest BCUT2D eigenvalue weighted by atomic mass is 10.3. The molecule has 0 saturated heterocycles. The van der Waals surface area contributed by atoms with E-state index in [0.717, 1.165) is 11.4 Å². The predicted octanol–water partition coefficient (Wildman–Crippen LogP) is 0.749. The zero-order valence-corrected chi connectivity index (χ0v) is 10.5. The molecule has 1 heterocycles. The average molecular weight is 241 g/mol. The average Bonchev–Trinajstić information content (AvgIpc) is 2.64. The number of aliphatic carboxylic acids is 1. The van der Waals surface area contributed by atoms with Crippen LogP contribution in [0.2, 0.25) is 0 Å². The lowest BCUT2D eigenvalue weighted by Crippen LogP contribution is -2.25. The highest BCUT2D eigenvalue weighted by molar-refractivity contribution is 5.67. The van der Waals surface area contributed by atoms with Gasteiger partial charge in [0.05, 0.1) is 25.8 Å².